The molecule has 0 aliphatic heterocycles. The van der Waals surface area contributed by atoms with Crippen LogP contribution in [0.3, 0.4) is 0 Å². The molecule has 6 nitrogen and oxygen atoms in total. The molecule has 2 aromatic rings. The topological polar surface area (TPSA) is 66.1 Å². The van der Waals surface area contributed by atoms with Crippen molar-refractivity contribution in [3.8, 4) is 0 Å². The number of aromatic nitrogens is 3. The van der Waals surface area contributed by atoms with Gasteiger partial charge in [-0.1, -0.05) is 22.0 Å². The first-order valence-corrected chi connectivity index (χ1v) is 6.27. The quantitative estimate of drug-likeness (QED) is 0.795. The van der Waals surface area contributed by atoms with E-state index in [4.69, 9.17) is 0 Å². The number of nitrogens with zero attached hydrogens (tertiary/aromatic N) is 3. The third-order valence-electron chi connectivity index (χ3n) is 2.68. The van der Waals surface area contributed by atoms with Crippen LogP contribution in [0.5, 0.6) is 0 Å². The molecule has 1 aromatic carbocycles. The Morgan fingerprint density at radius 2 is 2.21 bits per heavy atom. The van der Waals surface area contributed by atoms with Gasteiger partial charge in [0, 0.05) is 11.5 Å². The minimum Gasteiger partial charge on any atom is -0.465 e. The minimum absolute atomic E-state index is 0.191. The number of methoxy groups -OCH3 is 1. The van der Waals surface area contributed by atoms with E-state index in [1.807, 2.05) is 0 Å². The maximum atomic E-state index is 11.7. The Balaban J connectivity index is 2.29. The van der Waals surface area contributed by atoms with Gasteiger partial charge in [-0.05, 0) is 17.7 Å². The standard InChI is InChI=1S/C12H12BrN3O3/c1-15-7-14-16(12(15)18)6-9-4-3-8(5-10(9)13)11(17)19-2/h3-5,7H,6H2,1-2H3. The number of carbonyl (C=O) groups excluding carboxylic acids is 1. The van der Waals surface area contributed by atoms with Gasteiger partial charge in [0.15, 0.2) is 0 Å². The predicted octanol–water partition coefficient (Wildman–Crippen LogP) is 1.18. The smallest absolute Gasteiger partial charge is 0.345 e. The lowest BCUT2D eigenvalue weighted by atomic mass is 10.1. The van der Waals surface area contributed by atoms with Crippen molar-refractivity contribution < 1.29 is 9.53 Å². The van der Waals surface area contributed by atoms with Crippen LogP contribution in [0.25, 0.3) is 0 Å². The number of ether oxygens (including phenoxy) is 1. The van der Waals surface area contributed by atoms with E-state index in [0.717, 1.165) is 10.0 Å². The van der Waals surface area contributed by atoms with Gasteiger partial charge in [-0.3, -0.25) is 4.57 Å². The van der Waals surface area contributed by atoms with Crippen molar-refractivity contribution in [1.29, 1.82) is 0 Å². The van der Waals surface area contributed by atoms with Crippen molar-refractivity contribution >= 4 is 21.9 Å². The van der Waals surface area contributed by atoms with Gasteiger partial charge in [0.1, 0.15) is 6.33 Å². The van der Waals surface area contributed by atoms with Crippen LogP contribution in [0.15, 0.2) is 33.8 Å². The molecule has 19 heavy (non-hydrogen) atoms. The van der Waals surface area contributed by atoms with E-state index in [2.05, 4.69) is 25.8 Å². The van der Waals surface area contributed by atoms with E-state index in [-0.39, 0.29) is 5.69 Å². The zero-order chi connectivity index (χ0) is 14.0. The largest absolute Gasteiger partial charge is 0.465 e. The van der Waals surface area contributed by atoms with Crippen molar-refractivity contribution in [3.05, 3.63) is 50.6 Å². The van der Waals surface area contributed by atoms with Crippen molar-refractivity contribution in [3.63, 3.8) is 0 Å². The zero-order valence-corrected chi connectivity index (χ0v) is 12.0. The van der Waals surface area contributed by atoms with Gasteiger partial charge >= 0.3 is 11.7 Å². The number of esters is 1. The summed E-state index contributed by atoms with van der Waals surface area (Å²) in [6.07, 6.45) is 1.46. The Bertz CT molecular complexity index is 675. The highest BCUT2D eigenvalue weighted by Gasteiger charge is 2.10. The van der Waals surface area contributed by atoms with Gasteiger partial charge < -0.3 is 4.74 Å². The highest BCUT2D eigenvalue weighted by molar-refractivity contribution is 9.10. The summed E-state index contributed by atoms with van der Waals surface area (Å²) in [6, 6.07) is 5.08. The van der Waals surface area contributed by atoms with E-state index in [1.165, 1.54) is 22.7 Å². The maximum absolute atomic E-state index is 11.7. The van der Waals surface area contributed by atoms with E-state index >= 15 is 0 Å². The number of carbonyl (C=O) groups is 1. The normalized spacial score (nSPS) is 10.5. The Hall–Kier alpha value is -1.89. The van der Waals surface area contributed by atoms with E-state index in [1.54, 1.807) is 25.2 Å². The third kappa shape index (κ3) is 2.76. The second-order valence-electron chi connectivity index (χ2n) is 3.98. The summed E-state index contributed by atoms with van der Waals surface area (Å²) in [5, 5.41) is 3.98. The van der Waals surface area contributed by atoms with Crippen molar-refractivity contribution in [2.75, 3.05) is 7.11 Å². The van der Waals surface area contributed by atoms with Gasteiger partial charge in [0.25, 0.3) is 0 Å². The zero-order valence-electron chi connectivity index (χ0n) is 10.5. The molecular weight excluding hydrogens is 314 g/mol. The molecule has 0 spiro atoms. The SMILES string of the molecule is COC(=O)c1ccc(Cn2ncn(C)c2=O)c(Br)c1. The monoisotopic (exact) mass is 325 g/mol. The van der Waals surface area contributed by atoms with Crippen LogP contribution in [0.2, 0.25) is 0 Å². The second kappa shape index (κ2) is 5.40. The summed E-state index contributed by atoms with van der Waals surface area (Å²) in [5.41, 5.74) is 1.11. The first kappa shape index (κ1) is 13.5. The summed E-state index contributed by atoms with van der Waals surface area (Å²) in [4.78, 5) is 23.1. The molecule has 0 atom stereocenters. The van der Waals surface area contributed by atoms with Crippen LogP contribution in [-0.2, 0) is 18.3 Å². The van der Waals surface area contributed by atoms with Crippen LogP contribution in [0.1, 0.15) is 15.9 Å². The van der Waals surface area contributed by atoms with Crippen LogP contribution >= 0.6 is 15.9 Å². The lowest BCUT2D eigenvalue weighted by molar-refractivity contribution is 0.0600. The van der Waals surface area contributed by atoms with Gasteiger partial charge in [-0.2, -0.15) is 5.10 Å². The van der Waals surface area contributed by atoms with Crippen LogP contribution in [0, 0.1) is 0 Å². The van der Waals surface area contributed by atoms with E-state index in [9.17, 15) is 9.59 Å². The number of aryl methyl sites for hydroxylation is 1. The summed E-state index contributed by atoms with van der Waals surface area (Å²) in [7, 11) is 2.97. The summed E-state index contributed by atoms with van der Waals surface area (Å²) in [6.45, 7) is 0.335. The highest BCUT2D eigenvalue weighted by Crippen LogP contribution is 2.19. The van der Waals surface area contributed by atoms with Gasteiger partial charge in [0.2, 0.25) is 0 Å². The molecule has 0 radical (unpaired) electrons. The fourth-order valence-electron chi connectivity index (χ4n) is 1.61. The average molecular weight is 326 g/mol. The Morgan fingerprint density at radius 3 is 2.74 bits per heavy atom. The summed E-state index contributed by atoms with van der Waals surface area (Å²) in [5.74, 6) is -0.401. The number of hydrogen-bond donors (Lipinski definition) is 0. The Kier molecular flexibility index (Phi) is 3.84. The summed E-state index contributed by atoms with van der Waals surface area (Å²) < 4.78 is 8.12. The number of hydrogen-bond acceptors (Lipinski definition) is 4. The molecular formula is C12H12BrN3O3. The lowest BCUT2D eigenvalue weighted by Crippen LogP contribution is -2.23. The van der Waals surface area contributed by atoms with Crippen molar-refractivity contribution in [1.82, 2.24) is 14.3 Å². The average Bonchev–Trinajstić information content (AvgIpc) is 2.72. The highest BCUT2D eigenvalue weighted by atomic mass is 79.9. The van der Waals surface area contributed by atoms with E-state index in [0.29, 0.717) is 12.1 Å². The first-order chi connectivity index (χ1) is 9.02. The Labute approximate surface area is 117 Å². The number of rotatable bonds is 3. The maximum Gasteiger partial charge on any atom is 0.345 e. The molecule has 0 unspecified atom stereocenters. The molecule has 0 aliphatic carbocycles. The molecule has 2 rings (SSSR count). The van der Waals surface area contributed by atoms with Gasteiger partial charge in [-0.15, -0.1) is 0 Å². The molecule has 0 aliphatic rings. The first-order valence-electron chi connectivity index (χ1n) is 5.48. The van der Waals surface area contributed by atoms with Crippen LogP contribution < -0.4 is 5.69 Å². The molecule has 0 fully saturated rings. The minimum atomic E-state index is -0.401. The number of benzene rings is 1. The molecule has 0 amide bonds. The van der Waals surface area contributed by atoms with Crippen LogP contribution in [0.4, 0.5) is 0 Å². The van der Waals surface area contributed by atoms with Gasteiger partial charge in [-0.25, -0.2) is 14.3 Å². The van der Waals surface area contributed by atoms with Crippen molar-refractivity contribution in [2.24, 2.45) is 7.05 Å². The molecule has 7 heteroatoms. The second-order valence-corrected chi connectivity index (χ2v) is 4.83. The third-order valence-corrected chi connectivity index (χ3v) is 3.42. The van der Waals surface area contributed by atoms with Crippen LogP contribution in [-0.4, -0.2) is 27.4 Å². The molecule has 100 valence electrons. The molecule has 0 saturated heterocycles. The summed E-state index contributed by atoms with van der Waals surface area (Å²) >= 11 is 3.38. The molecule has 0 N–H and O–H groups in total. The predicted molar refractivity (Wildman–Crippen MR) is 72.1 cm³/mol. The van der Waals surface area contributed by atoms with Crippen molar-refractivity contribution in [2.45, 2.75) is 6.54 Å². The lowest BCUT2D eigenvalue weighted by Gasteiger charge is -2.06. The molecule has 0 saturated carbocycles. The molecule has 0 bridgehead atoms. The Morgan fingerprint density at radius 1 is 1.47 bits per heavy atom. The fraction of sp³-hybridized carbons (Fsp3) is 0.250. The van der Waals surface area contributed by atoms with E-state index < -0.39 is 5.97 Å². The molecule has 1 aromatic heterocycles. The molecule has 1 heterocycles. The number of halogens is 1. The van der Waals surface area contributed by atoms with Gasteiger partial charge in [0.05, 0.1) is 19.2 Å². The fourth-order valence-corrected chi connectivity index (χ4v) is 2.11.